The first-order chi connectivity index (χ1) is 11.8. The Hall–Kier alpha value is -2.83. The van der Waals surface area contributed by atoms with Crippen LogP contribution in [-0.2, 0) is 19.1 Å². The molecule has 7 nitrogen and oxygen atoms in total. The summed E-state index contributed by atoms with van der Waals surface area (Å²) in [6.45, 7) is 8.61. The molecule has 2 heterocycles. The molecule has 0 spiro atoms. The van der Waals surface area contributed by atoms with Crippen LogP contribution in [0.4, 0.5) is 0 Å². The Bertz CT molecular complexity index is 943. The number of hydrogen-bond acceptors (Lipinski definition) is 4. The van der Waals surface area contributed by atoms with Gasteiger partial charge in [-0.1, -0.05) is 20.8 Å². The highest BCUT2D eigenvalue weighted by molar-refractivity contribution is 5.63. The van der Waals surface area contributed by atoms with E-state index in [4.69, 9.17) is 4.74 Å². The molecule has 132 valence electrons. The van der Waals surface area contributed by atoms with Crippen molar-refractivity contribution in [2.24, 2.45) is 7.05 Å². The third kappa shape index (κ3) is 3.50. The highest BCUT2D eigenvalue weighted by Crippen LogP contribution is 2.35. The summed E-state index contributed by atoms with van der Waals surface area (Å²) in [4.78, 5) is 11.5. The second-order valence-electron chi connectivity index (χ2n) is 7.19. The second-order valence-corrected chi connectivity index (χ2v) is 7.19. The predicted molar refractivity (Wildman–Crippen MR) is 95.6 cm³/mol. The number of hydrogen-bond donors (Lipinski definition) is 2. The molecule has 25 heavy (non-hydrogen) atoms. The van der Waals surface area contributed by atoms with Crippen molar-refractivity contribution < 1.29 is 4.74 Å². The molecule has 0 amide bonds. The maximum atomic E-state index is 11.5. The van der Waals surface area contributed by atoms with E-state index in [0.717, 1.165) is 28.3 Å². The fourth-order valence-corrected chi connectivity index (χ4v) is 2.62. The predicted octanol–water partition coefficient (Wildman–Crippen LogP) is 2.68. The number of aromatic amines is 2. The van der Waals surface area contributed by atoms with Gasteiger partial charge in [0.05, 0.1) is 5.69 Å². The highest BCUT2D eigenvalue weighted by atomic mass is 16.5. The fraction of sp³-hybridized carbons (Fsp3) is 0.389. The molecule has 0 fully saturated rings. The zero-order valence-corrected chi connectivity index (χ0v) is 15.2. The van der Waals surface area contributed by atoms with Crippen LogP contribution in [0.5, 0.6) is 5.75 Å². The van der Waals surface area contributed by atoms with Crippen molar-refractivity contribution in [3.63, 3.8) is 0 Å². The average Bonchev–Trinajstić information content (AvgIpc) is 3.12. The minimum Gasteiger partial charge on any atom is -0.485 e. The molecule has 0 aliphatic rings. The third-order valence-corrected chi connectivity index (χ3v) is 4.12. The molecule has 3 rings (SSSR count). The van der Waals surface area contributed by atoms with E-state index in [-0.39, 0.29) is 17.7 Å². The van der Waals surface area contributed by atoms with Crippen LogP contribution < -0.4 is 10.4 Å². The topological polar surface area (TPSA) is 88.6 Å². The number of rotatable bonds is 4. The van der Waals surface area contributed by atoms with Crippen molar-refractivity contribution >= 4 is 0 Å². The first-order valence-electron chi connectivity index (χ1n) is 8.15. The van der Waals surface area contributed by atoms with E-state index in [0.29, 0.717) is 5.82 Å². The number of nitrogens with one attached hydrogen (secondary N) is 2. The van der Waals surface area contributed by atoms with Crippen molar-refractivity contribution in [1.29, 1.82) is 0 Å². The summed E-state index contributed by atoms with van der Waals surface area (Å²) in [6.07, 6.45) is 0. The number of benzene rings is 1. The Labute approximate surface area is 146 Å². The van der Waals surface area contributed by atoms with Crippen LogP contribution in [0.25, 0.3) is 11.3 Å². The van der Waals surface area contributed by atoms with Gasteiger partial charge in [-0.25, -0.2) is 9.89 Å². The molecule has 0 saturated heterocycles. The third-order valence-electron chi connectivity index (χ3n) is 4.12. The largest absolute Gasteiger partial charge is 0.485 e. The van der Waals surface area contributed by atoms with Crippen molar-refractivity contribution in [1.82, 2.24) is 25.0 Å². The zero-order chi connectivity index (χ0) is 18.2. The van der Waals surface area contributed by atoms with Crippen LogP contribution in [0.15, 0.2) is 29.1 Å². The zero-order valence-electron chi connectivity index (χ0n) is 15.2. The Morgan fingerprint density at radius 1 is 1.16 bits per heavy atom. The van der Waals surface area contributed by atoms with E-state index in [1.807, 2.05) is 25.1 Å². The molecule has 0 radical (unpaired) electrons. The summed E-state index contributed by atoms with van der Waals surface area (Å²) in [5, 5.41) is 13.7. The number of nitrogens with zero attached hydrogens (tertiary/aromatic N) is 3. The van der Waals surface area contributed by atoms with Crippen molar-refractivity contribution in [2.45, 2.75) is 39.7 Å². The summed E-state index contributed by atoms with van der Waals surface area (Å²) in [7, 11) is 1.66. The van der Waals surface area contributed by atoms with Gasteiger partial charge in [-0.3, -0.25) is 9.67 Å². The maximum absolute atomic E-state index is 11.5. The summed E-state index contributed by atoms with van der Waals surface area (Å²) < 4.78 is 7.41. The molecule has 2 aromatic heterocycles. The Kier molecular flexibility index (Phi) is 4.24. The van der Waals surface area contributed by atoms with Gasteiger partial charge in [0.1, 0.15) is 12.4 Å². The lowest BCUT2D eigenvalue weighted by Crippen LogP contribution is -2.17. The lowest BCUT2D eigenvalue weighted by Gasteiger charge is -2.23. The first-order valence-corrected chi connectivity index (χ1v) is 8.15. The van der Waals surface area contributed by atoms with Gasteiger partial charge in [0, 0.05) is 23.9 Å². The SMILES string of the molecule is Cc1cc(-c2ccc(OCc3n[nH]c(=O)n3C)c(C(C)(C)C)c2)n[nH]1. The molecule has 0 saturated carbocycles. The number of ether oxygens (including phenoxy) is 1. The van der Waals surface area contributed by atoms with E-state index in [9.17, 15) is 4.79 Å². The molecule has 0 bridgehead atoms. The Morgan fingerprint density at radius 2 is 1.92 bits per heavy atom. The van der Waals surface area contributed by atoms with Gasteiger partial charge in [-0.15, -0.1) is 0 Å². The van der Waals surface area contributed by atoms with Crippen molar-refractivity contribution in [2.75, 3.05) is 0 Å². The van der Waals surface area contributed by atoms with Crippen molar-refractivity contribution in [3.8, 4) is 17.0 Å². The molecule has 7 heteroatoms. The number of H-pyrrole nitrogens is 2. The van der Waals surface area contributed by atoms with Gasteiger partial charge in [0.15, 0.2) is 5.82 Å². The van der Waals surface area contributed by atoms with Crippen LogP contribution in [0.3, 0.4) is 0 Å². The monoisotopic (exact) mass is 341 g/mol. The van der Waals surface area contributed by atoms with Crippen LogP contribution in [0, 0.1) is 6.92 Å². The average molecular weight is 341 g/mol. The van der Waals surface area contributed by atoms with Crippen LogP contribution in [-0.4, -0.2) is 25.0 Å². The molecule has 3 aromatic rings. The fourth-order valence-electron chi connectivity index (χ4n) is 2.62. The lowest BCUT2D eigenvalue weighted by molar-refractivity contribution is 0.283. The number of aryl methyl sites for hydroxylation is 1. The van der Waals surface area contributed by atoms with Gasteiger partial charge in [-0.05, 0) is 36.6 Å². The van der Waals surface area contributed by atoms with E-state index < -0.39 is 0 Å². The van der Waals surface area contributed by atoms with E-state index in [1.165, 1.54) is 4.57 Å². The molecule has 0 aliphatic heterocycles. The van der Waals surface area contributed by atoms with Gasteiger partial charge >= 0.3 is 5.69 Å². The molecule has 0 atom stereocenters. The summed E-state index contributed by atoms with van der Waals surface area (Å²) in [5.41, 5.74) is 3.68. The van der Waals surface area contributed by atoms with Gasteiger partial charge < -0.3 is 4.74 Å². The van der Waals surface area contributed by atoms with Crippen molar-refractivity contribution in [3.05, 3.63) is 51.8 Å². The second kappa shape index (κ2) is 6.23. The van der Waals surface area contributed by atoms with Crippen LogP contribution >= 0.6 is 0 Å². The standard InChI is InChI=1S/C18H23N5O2/c1-11-8-14(20-19-11)12-6-7-15(13(9-12)18(2,3)4)25-10-16-21-22-17(24)23(16)5/h6-9H,10H2,1-5H3,(H,19,20)(H,22,24). The van der Waals surface area contributed by atoms with Crippen LogP contribution in [0.1, 0.15) is 37.9 Å². The normalized spacial score (nSPS) is 11.7. The van der Waals surface area contributed by atoms with Crippen LogP contribution in [0.2, 0.25) is 0 Å². The molecular formula is C18H23N5O2. The quantitative estimate of drug-likeness (QED) is 0.763. The summed E-state index contributed by atoms with van der Waals surface area (Å²) in [5.74, 6) is 1.33. The molecule has 0 aliphatic carbocycles. The molecular weight excluding hydrogens is 318 g/mol. The molecule has 1 aromatic carbocycles. The van der Waals surface area contributed by atoms with Gasteiger partial charge in [0.2, 0.25) is 0 Å². The van der Waals surface area contributed by atoms with Gasteiger partial charge in [-0.2, -0.15) is 10.2 Å². The van der Waals surface area contributed by atoms with E-state index >= 15 is 0 Å². The highest BCUT2D eigenvalue weighted by Gasteiger charge is 2.21. The summed E-state index contributed by atoms with van der Waals surface area (Å²) in [6, 6.07) is 8.06. The maximum Gasteiger partial charge on any atom is 0.343 e. The smallest absolute Gasteiger partial charge is 0.343 e. The Morgan fingerprint density at radius 3 is 2.48 bits per heavy atom. The lowest BCUT2D eigenvalue weighted by atomic mass is 9.85. The minimum atomic E-state index is -0.251. The number of aromatic nitrogens is 5. The van der Waals surface area contributed by atoms with E-state index in [1.54, 1.807) is 7.05 Å². The first kappa shape index (κ1) is 17.0. The Balaban J connectivity index is 1.93. The van der Waals surface area contributed by atoms with Gasteiger partial charge in [0.25, 0.3) is 0 Å². The molecule has 2 N–H and O–H groups in total. The van der Waals surface area contributed by atoms with E-state index in [2.05, 4.69) is 47.2 Å². The summed E-state index contributed by atoms with van der Waals surface area (Å²) >= 11 is 0. The minimum absolute atomic E-state index is 0.103. The molecule has 0 unspecified atom stereocenters.